The molecule has 2 fully saturated rings. The third-order valence-corrected chi connectivity index (χ3v) is 6.34. The van der Waals surface area contributed by atoms with Gasteiger partial charge in [0.2, 0.25) is 0 Å². The molecule has 4 nitrogen and oxygen atoms in total. The molecular weight excluding hydrogens is 350 g/mol. The molecule has 0 saturated carbocycles. The van der Waals surface area contributed by atoms with Crippen molar-refractivity contribution >= 4 is 5.97 Å². The van der Waals surface area contributed by atoms with Gasteiger partial charge in [0.05, 0.1) is 7.11 Å². The van der Waals surface area contributed by atoms with E-state index in [4.69, 9.17) is 9.47 Å². The fourth-order valence-corrected chi connectivity index (χ4v) is 4.61. The van der Waals surface area contributed by atoms with Crippen LogP contribution in [-0.2, 0) is 14.9 Å². The minimum atomic E-state index is -0.880. The SMILES string of the molecule is COc1ccc(C23C=CC(C)=CC=C2CCN2CCCC[C@H]2COC3=O)cc1. The van der Waals surface area contributed by atoms with Gasteiger partial charge in [-0.05, 0) is 56.0 Å². The zero-order chi connectivity index (χ0) is 19.6. The van der Waals surface area contributed by atoms with E-state index in [2.05, 4.69) is 24.0 Å². The Balaban J connectivity index is 1.80. The number of ether oxygens (including phenoxy) is 2. The topological polar surface area (TPSA) is 38.8 Å². The lowest BCUT2D eigenvalue weighted by molar-refractivity contribution is -0.149. The van der Waals surface area contributed by atoms with E-state index in [1.54, 1.807) is 7.11 Å². The molecule has 3 aliphatic rings. The highest BCUT2D eigenvalue weighted by Gasteiger charge is 2.44. The Labute approximate surface area is 167 Å². The van der Waals surface area contributed by atoms with E-state index in [0.717, 1.165) is 48.4 Å². The highest BCUT2D eigenvalue weighted by molar-refractivity contribution is 5.91. The second kappa shape index (κ2) is 7.96. The van der Waals surface area contributed by atoms with Gasteiger partial charge in [-0.1, -0.05) is 48.4 Å². The average Bonchev–Trinajstić information content (AvgIpc) is 2.87. The molecule has 28 heavy (non-hydrogen) atoms. The standard InChI is InChI=1S/C24H29NO3/c1-18-6-7-20-13-16-25-15-4-3-5-21(25)17-28-23(26)24(20,14-12-18)19-8-10-22(27-2)11-9-19/h6-12,14,21H,3-5,13,15-17H2,1-2H3/t21-,24?/m0/s1. The van der Waals surface area contributed by atoms with Gasteiger partial charge < -0.3 is 9.47 Å². The molecule has 0 amide bonds. The van der Waals surface area contributed by atoms with Crippen LogP contribution < -0.4 is 4.74 Å². The van der Waals surface area contributed by atoms with Crippen molar-refractivity contribution in [2.45, 2.75) is 44.1 Å². The van der Waals surface area contributed by atoms with Crippen molar-refractivity contribution < 1.29 is 14.3 Å². The van der Waals surface area contributed by atoms with Crippen molar-refractivity contribution in [3.05, 3.63) is 65.3 Å². The Bertz CT molecular complexity index is 821. The molecule has 2 aliphatic heterocycles. The first kappa shape index (κ1) is 19.0. The van der Waals surface area contributed by atoms with Gasteiger partial charge in [-0.2, -0.15) is 0 Å². The van der Waals surface area contributed by atoms with Gasteiger partial charge in [-0.15, -0.1) is 0 Å². The second-order valence-electron chi connectivity index (χ2n) is 8.01. The van der Waals surface area contributed by atoms with Gasteiger partial charge in [0.15, 0.2) is 0 Å². The van der Waals surface area contributed by atoms with Crippen LogP contribution in [0.2, 0.25) is 0 Å². The number of fused-ring (bicyclic) bond motifs is 2. The fraction of sp³-hybridized carbons (Fsp3) is 0.458. The van der Waals surface area contributed by atoms with E-state index in [1.165, 1.54) is 12.8 Å². The van der Waals surface area contributed by atoms with Crippen LogP contribution in [0.15, 0.2) is 59.7 Å². The Morgan fingerprint density at radius 1 is 1.14 bits per heavy atom. The zero-order valence-electron chi connectivity index (χ0n) is 16.8. The molecule has 0 radical (unpaired) electrons. The number of hydrogen-bond acceptors (Lipinski definition) is 4. The molecule has 0 N–H and O–H groups in total. The molecule has 1 aromatic carbocycles. The summed E-state index contributed by atoms with van der Waals surface area (Å²) in [6.07, 6.45) is 12.7. The monoisotopic (exact) mass is 379 g/mol. The Hall–Kier alpha value is -2.33. The number of allylic oxidation sites excluding steroid dienone is 4. The van der Waals surface area contributed by atoms with Crippen LogP contribution in [0.5, 0.6) is 5.75 Å². The number of hydrogen-bond donors (Lipinski definition) is 0. The van der Waals surface area contributed by atoms with Crippen LogP contribution in [0.1, 0.15) is 38.2 Å². The molecule has 4 rings (SSSR count). The van der Waals surface area contributed by atoms with Crippen molar-refractivity contribution in [1.29, 1.82) is 0 Å². The fourth-order valence-electron chi connectivity index (χ4n) is 4.61. The molecule has 0 bridgehead atoms. The van der Waals surface area contributed by atoms with E-state index in [0.29, 0.717) is 12.6 Å². The van der Waals surface area contributed by atoms with Crippen LogP contribution in [0.4, 0.5) is 0 Å². The van der Waals surface area contributed by atoms with Crippen LogP contribution >= 0.6 is 0 Å². The number of carbonyl (C=O) groups is 1. The number of methoxy groups -OCH3 is 1. The van der Waals surface area contributed by atoms with Gasteiger partial charge in [-0.3, -0.25) is 9.69 Å². The molecular formula is C24H29NO3. The third kappa shape index (κ3) is 3.42. The molecule has 2 heterocycles. The number of esters is 1. The minimum absolute atomic E-state index is 0.171. The first-order valence-corrected chi connectivity index (χ1v) is 10.3. The highest BCUT2D eigenvalue weighted by Crippen LogP contribution is 2.41. The van der Waals surface area contributed by atoms with Crippen molar-refractivity contribution in [2.75, 3.05) is 26.8 Å². The average molecular weight is 380 g/mol. The van der Waals surface area contributed by atoms with E-state index in [1.807, 2.05) is 36.4 Å². The summed E-state index contributed by atoms with van der Waals surface area (Å²) < 4.78 is 11.3. The molecule has 4 heteroatoms. The number of cyclic esters (lactones) is 1. The van der Waals surface area contributed by atoms with E-state index in [9.17, 15) is 4.79 Å². The van der Waals surface area contributed by atoms with Crippen molar-refractivity contribution in [2.24, 2.45) is 0 Å². The Morgan fingerprint density at radius 2 is 1.96 bits per heavy atom. The Morgan fingerprint density at radius 3 is 2.75 bits per heavy atom. The number of rotatable bonds is 2. The van der Waals surface area contributed by atoms with Crippen molar-refractivity contribution in [1.82, 2.24) is 4.90 Å². The van der Waals surface area contributed by atoms with Crippen LogP contribution in [0, 0.1) is 0 Å². The van der Waals surface area contributed by atoms with E-state index in [-0.39, 0.29) is 5.97 Å². The molecule has 2 saturated heterocycles. The molecule has 2 atom stereocenters. The minimum Gasteiger partial charge on any atom is -0.497 e. The lowest BCUT2D eigenvalue weighted by Gasteiger charge is -2.34. The number of carbonyl (C=O) groups excluding carboxylic acids is 1. The summed E-state index contributed by atoms with van der Waals surface area (Å²) in [4.78, 5) is 16.1. The van der Waals surface area contributed by atoms with Gasteiger partial charge in [0, 0.05) is 12.6 Å². The lowest BCUT2D eigenvalue weighted by Crippen LogP contribution is -2.43. The smallest absolute Gasteiger partial charge is 0.324 e. The maximum atomic E-state index is 13.6. The summed E-state index contributed by atoms with van der Waals surface area (Å²) >= 11 is 0. The predicted octanol–water partition coefficient (Wildman–Crippen LogP) is 4.18. The lowest BCUT2D eigenvalue weighted by atomic mass is 9.72. The molecule has 1 aromatic rings. The predicted molar refractivity (Wildman–Crippen MR) is 110 cm³/mol. The summed E-state index contributed by atoms with van der Waals surface area (Å²) in [6.45, 7) is 4.60. The van der Waals surface area contributed by atoms with Gasteiger partial charge in [-0.25, -0.2) is 0 Å². The normalized spacial score (nSPS) is 28.4. The number of benzene rings is 1. The summed E-state index contributed by atoms with van der Waals surface area (Å²) in [5, 5.41) is 0. The first-order chi connectivity index (χ1) is 13.6. The number of nitrogens with zero attached hydrogens (tertiary/aromatic N) is 1. The molecule has 0 spiro atoms. The number of piperidine rings is 1. The van der Waals surface area contributed by atoms with Crippen LogP contribution in [-0.4, -0.2) is 43.7 Å². The summed E-state index contributed by atoms with van der Waals surface area (Å²) in [5.41, 5.74) is 2.29. The highest BCUT2D eigenvalue weighted by atomic mass is 16.5. The first-order valence-electron chi connectivity index (χ1n) is 10.3. The molecule has 1 aliphatic carbocycles. The largest absolute Gasteiger partial charge is 0.497 e. The molecule has 1 unspecified atom stereocenters. The summed E-state index contributed by atoms with van der Waals surface area (Å²) in [7, 11) is 1.65. The quantitative estimate of drug-likeness (QED) is 0.723. The van der Waals surface area contributed by atoms with E-state index < -0.39 is 5.41 Å². The molecule has 148 valence electrons. The van der Waals surface area contributed by atoms with Crippen LogP contribution in [0.3, 0.4) is 0 Å². The second-order valence-corrected chi connectivity index (χ2v) is 8.01. The third-order valence-electron chi connectivity index (χ3n) is 6.34. The van der Waals surface area contributed by atoms with E-state index >= 15 is 0 Å². The molecule has 0 aromatic heterocycles. The van der Waals surface area contributed by atoms with Gasteiger partial charge in [0.1, 0.15) is 17.8 Å². The maximum absolute atomic E-state index is 13.6. The Kier molecular flexibility index (Phi) is 5.40. The summed E-state index contributed by atoms with van der Waals surface area (Å²) in [6, 6.07) is 8.16. The van der Waals surface area contributed by atoms with Crippen LogP contribution in [0.25, 0.3) is 0 Å². The van der Waals surface area contributed by atoms with Crippen molar-refractivity contribution in [3.63, 3.8) is 0 Å². The summed E-state index contributed by atoms with van der Waals surface area (Å²) in [5.74, 6) is 0.613. The van der Waals surface area contributed by atoms with Crippen molar-refractivity contribution in [3.8, 4) is 5.75 Å². The zero-order valence-corrected chi connectivity index (χ0v) is 16.8. The maximum Gasteiger partial charge on any atom is 0.324 e. The van der Waals surface area contributed by atoms with Gasteiger partial charge >= 0.3 is 5.97 Å². The van der Waals surface area contributed by atoms with Gasteiger partial charge in [0.25, 0.3) is 0 Å².